The number of benzene rings is 1. The van der Waals surface area contributed by atoms with E-state index in [0.29, 0.717) is 18.4 Å². The van der Waals surface area contributed by atoms with Crippen molar-refractivity contribution in [2.75, 3.05) is 19.6 Å². The molecule has 0 amide bonds. The van der Waals surface area contributed by atoms with Crippen LogP contribution < -0.4 is 5.32 Å². The third kappa shape index (κ3) is 4.27. The quantitative estimate of drug-likeness (QED) is 0.934. The molecular weight excluding hydrogens is 288 g/mol. The van der Waals surface area contributed by atoms with E-state index in [1.165, 1.54) is 5.56 Å². The molecule has 5 nitrogen and oxygen atoms in total. The molecule has 1 atom stereocenters. The van der Waals surface area contributed by atoms with E-state index >= 15 is 0 Å². The fraction of sp³-hybridized carbons (Fsp3) is 0.467. The summed E-state index contributed by atoms with van der Waals surface area (Å²) in [5.41, 5.74) is 1.19. The molecule has 0 radical (unpaired) electrons. The smallest absolute Gasteiger partial charge is 0.231 e. The van der Waals surface area contributed by atoms with E-state index in [1.807, 2.05) is 18.2 Å². The van der Waals surface area contributed by atoms with E-state index < -0.39 is 0 Å². The first-order chi connectivity index (χ1) is 9.81. The molecule has 0 saturated carbocycles. The normalized spacial score (nSPS) is 19.2. The summed E-state index contributed by atoms with van der Waals surface area (Å²) in [5, 5.41) is 7.47. The van der Waals surface area contributed by atoms with Crippen LogP contribution in [-0.4, -0.2) is 40.7 Å². The third-order valence-corrected chi connectivity index (χ3v) is 3.69. The zero-order valence-electron chi connectivity index (χ0n) is 12.2. The Morgan fingerprint density at radius 1 is 1.33 bits per heavy atom. The summed E-state index contributed by atoms with van der Waals surface area (Å²) < 4.78 is 5.34. The van der Waals surface area contributed by atoms with Crippen LogP contribution in [0.1, 0.15) is 24.2 Å². The van der Waals surface area contributed by atoms with Gasteiger partial charge in [-0.2, -0.15) is 4.98 Å². The Bertz CT molecular complexity index is 546. The summed E-state index contributed by atoms with van der Waals surface area (Å²) in [5.74, 6) is 1.47. The molecule has 3 rings (SSSR count). The van der Waals surface area contributed by atoms with Gasteiger partial charge in [0.1, 0.15) is 0 Å². The number of aromatic nitrogens is 2. The first kappa shape index (κ1) is 15.9. The molecule has 0 spiro atoms. The molecule has 2 heterocycles. The first-order valence-electron chi connectivity index (χ1n) is 7.11. The van der Waals surface area contributed by atoms with Crippen LogP contribution in [0.3, 0.4) is 0 Å². The topological polar surface area (TPSA) is 54.2 Å². The van der Waals surface area contributed by atoms with Crippen molar-refractivity contribution in [3.8, 4) is 0 Å². The predicted molar refractivity (Wildman–Crippen MR) is 83.5 cm³/mol. The molecule has 1 aliphatic rings. The zero-order chi connectivity index (χ0) is 13.8. The van der Waals surface area contributed by atoms with E-state index in [9.17, 15) is 0 Å². The van der Waals surface area contributed by atoms with Gasteiger partial charge in [-0.05, 0) is 12.5 Å². The molecular formula is C15H21ClN4O. The lowest BCUT2D eigenvalue weighted by molar-refractivity contribution is 0.160. The molecule has 1 aliphatic heterocycles. The van der Waals surface area contributed by atoms with Gasteiger partial charge in [-0.1, -0.05) is 35.5 Å². The highest BCUT2D eigenvalue weighted by atomic mass is 35.5. The van der Waals surface area contributed by atoms with Crippen molar-refractivity contribution in [2.24, 2.45) is 0 Å². The lowest BCUT2D eigenvalue weighted by atomic mass is 10.1. The highest BCUT2D eigenvalue weighted by Gasteiger charge is 2.20. The molecule has 1 aromatic heterocycles. The second kappa shape index (κ2) is 7.54. The van der Waals surface area contributed by atoms with Gasteiger partial charge in [-0.25, -0.2) is 0 Å². The lowest BCUT2D eigenvalue weighted by Gasteiger charge is -2.32. The van der Waals surface area contributed by atoms with Crippen LogP contribution in [-0.2, 0) is 13.0 Å². The number of nitrogens with one attached hydrogen (secondary N) is 1. The second-order valence-electron chi connectivity index (χ2n) is 5.29. The van der Waals surface area contributed by atoms with Crippen molar-refractivity contribution in [3.63, 3.8) is 0 Å². The average molecular weight is 309 g/mol. The Hall–Kier alpha value is -1.43. The van der Waals surface area contributed by atoms with Crippen molar-refractivity contribution in [2.45, 2.75) is 25.9 Å². The number of piperazine rings is 1. The summed E-state index contributed by atoms with van der Waals surface area (Å²) in [7, 11) is 0. The molecule has 1 aromatic carbocycles. The van der Waals surface area contributed by atoms with E-state index in [-0.39, 0.29) is 12.4 Å². The fourth-order valence-electron chi connectivity index (χ4n) is 2.50. The molecule has 0 bridgehead atoms. The van der Waals surface area contributed by atoms with Gasteiger partial charge < -0.3 is 9.84 Å². The Morgan fingerprint density at radius 3 is 2.90 bits per heavy atom. The predicted octanol–water partition coefficient (Wildman–Crippen LogP) is 1.88. The minimum Gasteiger partial charge on any atom is -0.339 e. The van der Waals surface area contributed by atoms with E-state index in [1.54, 1.807) is 0 Å². The maximum absolute atomic E-state index is 5.34. The summed E-state index contributed by atoms with van der Waals surface area (Å²) >= 11 is 0. The average Bonchev–Trinajstić information content (AvgIpc) is 2.90. The maximum Gasteiger partial charge on any atom is 0.231 e. The second-order valence-corrected chi connectivity index (χ2v) is 5.29. The van der Waals surface area contributed by atoms with Gasteiger partial charge in [0.15, 0.2) is 5.82 Å². The highest BCUT2D eigenvalue weighted by molar-refractivity contribution is 5.85. The van der Waals surface area contributed by atoms with Crippen molar-refractivity contribution in [3.05, 3.63) is 47.6 Å². The van der Waals surface area contributed by atoms with Crippen LogP contribution in [0.15, 0.2) is 34.9 Å². The summed E-state index contributed by atoms with van der Waals surface area (Å²) in [6, 6.07) is 10.7. The van der Waals surface area contributed by atoms with E-state index in [0.717, 1.165) is 32.0 Å². The molecule has 114 valence electrons. The van der Waals surface area contributed by atoms with E-state index in [2.05, 4.69) is 39.4 Å². The Kier molecular flexibility index (Phi) is 5.73. The van der Waals surface area contributed by atoms with Gasteiger partial charge in [0.25, 0.3) is 0 Å². The number of hydrogen-bond donors (Lipinski definition) is 1. The van der Waals surface area contributed by atoms with Crippen LogP contribution in [0, 0.1) is 0 Å². The maximum atomic E-state index is 5.34. The van der Waals surface area contributed by atoms with Crippen LogP contribution in [0.4, 0.5) is 0 Å². The molecule has 1 saturated heterocycles. The summed E-state index contributed by atoms with van der Waals surface area (Å²) in [6.07, 6.45) is 0.699. The van der Waals surface area contributed by atoms with Gasteiger partial charge in [0.2, 0.25) is 5.89 Å². The van der Waals surface area contributed by atoms with Crippen LogP contribution >= 0.6 is 12.4 Å². The zero-order valence-corrected chi connectivity index (χ0v) is 13.0. The minimum atomic E-state index is 0. The number of rotatable bonds is 4. The minimum absolute atomic E-state index is 0. The molecule has 0 aliphatic carbocycles. The first-order valence-corrected chi connectivity index (χ1v) is 7.11. The van der Waals surface area contributed by atoms with Gasteiger partial charge in [-0.3, -0.25) is 4.90 Å². The largest absolute Gasteiger partial charge is 0.339 e. The third-order valence-electron chi connectivity index (χ3n) is 3.69. The Labute approximate surface area is 131 Å². The standard InChI is InChI=1S/C15H20N4O.ClH/c1-12-10-16-7-8-19(12)11-14-17-15(20-18-14)9-13-5-3-2-4-6-13;/h2-6,12,16H,7-11H2,1H3;1H/t12-;/m0./s1. The number of hydrogen-bond acceptors (Lipinski definition) is 5. The Morgan fingerprint density at radius 2 is 2.14 bits per heavy atom. The van der Waals surface area contributed by atoms with Crippen LogP contribution in [0.5, 0.6) is 0 Å². The monoisotopic (exact) mass is 308 g/mol. The molecule has 2 aromatic rings. The SMILES string of the molecule is C[C@H]1CNCCN1Cc1noc(Cc2ccccc2)n1.Cl. The molecule has 1 N–H and O–H groups in total. The van der Waals surface area contributed by atoms with E-state index in [4.69, 9.17) is 4.52 Å². The van der Waals surface area contributed by atoms with Crippen molar-refractivity contribution >= 4 is 12.4 Å². The van der Waals surface area contributed by atoms with Crippen LogP contribution in [0.25, 0.3) is 0 Å². The molecule has 21 heavy (non-hydrogen) atoms. The van der Waals surface area contributed by atoms with Gasteiger partial charge in [-0.15, -0.1) is 12.4 Å². The van der Waals surface area contributed by atoms with Gasteiger partial charge in [0.05, 0.1) is 13.0 Å². The lowest BCUT2D eigenvalue weighted by Crippen LogP contribution is -2.49. The highest BCUT2D eigenvalue weighted by Crippen LogP contribution is 2.10. The summed E-state index contributed by atoms with van der Waals surface area (Å²) in [4.78, 5) is 6.88. The fourth-order valence-corrected chi connectivity index (χ4v) is 2.50. The summed E-state index contributed by atoms with van der Waals surface area (Å²) in [6.45, 7) is 6.07. The molecule has 0 unspecified atom stereocenters. The van der Waals surface area contributed by atoms with Gasteiger partial charge in [0, 0.05) is 25.7 Å². The molecule has 1 fully saturated rings. The molecule has 6 heteroatoms. The van der Waals surface area contributed by atoms with Crippen molar-refractivity contribution < 1.29 is 4.52 Å². The number of halogens is 1. The van der Waals surface area contributed by atoms with Gasteiger partial charge >= 0.3 is 0 Å². The number of nitrogens with zero attached hydrogens (tertiary/aromatic N) is 3. The van der Waals surface area contributed by atoms with Crippen LogP contribution in [0.2, 0.25) is 0 Å². The van der Waals surface area contributed by atoms with Crippen molar-refractivity contribution in [1.29, 1.82) is 0 Å². The van der Waals surface area contributed by atoms with Crippen molar-refractivity contribution in [1.82, 2.24) is 20.4 Å². The Balaban J connectivity index is 0.00000161.